The summed E-state index contributed by atoms with van der Waals surface area (Å²) in [5, 5.41) is 4.62. The summed E-state index contributed by atoms with van der Waals surface area (Å²) in [6, 6.07) is 20.6. The number of aliphatic imine (C=N–C) groups is 1. The Kier molecular flexibility index (Phi) is 8.00. The largest absolute Gasteiger partial charge is 0.356 e. The van der Waals surface area contributed by atoms with Gasteiger partial charge in [-0.25, -0.2) is 4.98 Å². The van der Waals surface area contributed by atoms with E-state index in [-0.39, 0.29) is 24.0 Å². The van der Waals surface area contributed by atoms with Crippen LogP contribution >= 0.6 is 24.0 Å². The number of nitrogens with zero attached hydrogens (tertiary/aromatic N) is 4. The van der Waals surface area contributed by atoms with Gasteiger partial charge in [0.05, 0.1) is 24.0 Å². The average Bonchev–Trinajstić information content (AvgIpc) is 3.26. The van der Waals surface area contributed by atoms with Gasteiger partial charge in [0.2, 0.25) is 0 Å². The van der Waals surface area contributed by atoms with Crippen molar-refractivity contribution in [3.63, 3.8) is 0 Å². The van der Waals surface area contributed by atoms with Crippen molar-refractivity contribution in [3.05, 3.63) is 84.4 Å². The van der Waals surface area contributed by atoms with Gasteiger partial charge in [-0.15, -0.1) is 24.0 Å². The summed E-state index contributed by atoms with van der Waals surface area (Å²) in [6.45, 7) is 1.42. The van der Waals surface area contributed by atoms with Gasteiger partial charge < -0.3 is 15.2 Å². The monoisotopic (exact) mass is 526 g/mol. The Morgan fingerprint density at radius 3 is 2.65 bits per heavy atom. The lowest BCUT2D eigenvalue weighted by Gasteiger charge is -2.21. The van der Waals surface area contributed by atoms with Gasteiger partial charge in [0.25, 0.3) is 0 Å². The van der Waals surface area contributed by atoms with Crippen LogP contribution in [0.5, 0.6) is 0 Å². The first-order valence-corrected chi connectivity index (χ1v) is 10.1. The maximum absolute atomic E-state index is 4.54. The summed E-state index contributed by atoms with van der Waals surface area (Å²) in [6.07, 6.45) is 4.60. The Hall–Kier alpha value is -2.94. The quantitative estimate of drug-likeness (QED) is 0.221. The highest BCUT2D eigenvalue weighted by Crippen LogP contribution is 2.17. The van der Waals surface area contributed by atoms with Crippen LogP contribution in [-0.4, -0.2) is 46.5 Å². The van der Waals surface area contributed by atoms with E-state index in [0.29, 0.717) is 6.54 Å². The van der Waals surface area contributed by atoms with Crippen LogP contribution in [0.4, 0.5) is 0 Å². The number of H-pyrrole nitrogens is 1. The second-order valence-electron chi connectivity index (χ2n) is 7.18. The Bertz CT molecular complexity index is 1130. The Labute approximate surface area is 199 Å². The van der Waals surface area contributed by atoms with Crippen molar-refractivity contribution in [2.45, 2.75) is 13.0 Å². The number of fused-ring (bicyclic) bond motifs is 1. The minimum absolute atomic E-state index is 0. The molecular weight excluding hydrogens is 499 g/mol. The molecule has 0 fully saturated rings. The van der Waals surface area contributed by atoms with Crippen molar-refractivity contribution in [3.8, 4) is 11.3 Å². The van der Waals surface area contributed by atoms with E-state index in [0.717, 1.165) is 41.5 Å². The van der Waals surface area contributed by atoms with Gasteiger partial charge in [-0.1, -0.05) is 54.6 Å². The zero-order chi connectivity index (χ0) is 20.8. The molecule has 2 N–H and O–H groups in total. The van der Waals surface area contributed by atoms with Crippen molar-refractivity contribution >= 4 is 40.8 Å². The Balaban J connectivity index is 0.00000272. The lowest BCUT2D eigenvalue weighted by molar-refractivity contribution is 0.464. The van der Waals surface area contributed by atoms with Crippen LogP contribution in [0.1, 0.15) is 11.4 Å². The van der Waals surface area contributed by atoms with Crippen LogP contribution in [0.3, 0.4) is 0 Å². The molecule has 0 unspecified atom stereocenters. The fraction of sp³-hybridized carbons (Fsp3) is 0.208. The third-order valence-corrected chi connectivity index (χ3v) is 5.07. The molecule has 7 heteroatoms. The minimum atomic E-state index is 0. The van der Waals surface area contributed by atoms with Crippen LogP contribution in [0, 0.1) is 0 Å². The van der Waals surface area contributed by atoms with Gasteiger partial charge >= 0.3 is 0 Å². The number of guanidine groups is 1. The molecule has 6 nitrogen and oxygen atoms in total. The number of nitrogens with one attached hydrogen (secondary N) is 2. The molecule has 4 rings (SSSR count). The van der Waals surface area contributed by atoms with Gasteiger partial charge in [-0.2, -0.15) is 0 Å². The van der Waals surface area contributed by atoms with Crippen LogP contribution < -0.4 is 5.32 Å². The predicted octanol–water partition coefficient (Wildman–Crippen LogP) is 4.49. The molecule has 160 valence electrons. The second-order valence-corrected chi connectivity index (χ2v) is 7.18. The third-order valence-electron chi connectivity index (χ3n) is 5.07. The summed E-state index contributed by atoms with van der Waals surface area (Å²) in [5.74, 6) is 1.73. The molecule has 0 saturated carbocycles. The fourth-order valence-corrected chi connectivity index (χ4v) is 3.57. The molecule has 0 bridgehead atoms. The molecule has 0 aliphatic heterocycles. The van der Waals surface area contributed by atoms with E-state index < -0.39 is 0 Å². The van der Waals surface area contributed by atoms with E-state index in [4.69, 9.17) is 0 Å². The highest BCUT2D eigenvalue weighted by molar-refractivity contribution is 14.0. The van der Waals surface area contributed by atoms with Crippen LogP contribution in [0.2, 0.25) is 0 Å². The first-order chi connectivity index (χ1) is 14.7. The van der Waals surface area contributed by atoms with Gasteiger partial charge in [0.15, 0.2) is 5.96 Å². The van der Waals surface area contributed by atoms with Gasteiger partial charge in [-0.3, -0.25) is 9.98 Å². The minimum Gasteiger partial charge on any atom is -0.356 e. The lowest BCUT2D eigenvalue weighted by atomic mass is 10.1. The molecule has 2 aromatic carbocycles. The van der Waals surface area contributed by atoms with Crippen LogP contribution in [0.25, 0.3) is 22.2 Å². The first kappa shape index (κ1) is 22.7. The summed E-state index contributed by atoms with van der Waals surface area (Å²) >= 11 is 0. The van der Waals surface area contributed by atoms with Crippen molar-refractivity contribution in [2.24, 2.45) is 4.99 Å². The molecule has 31 heavy (non-hydrogen) atoms. The van der Waals surface area contributed by atoms with E-state index >= 15 is 0 Å². The summed E-state index contributed by atoms with van der Waals surface area (Å²) < 4.78 is 0. The Morgan fingerprint density at radius 1 is 1.03 bits per heavy atom. The number of aromatic amines is 1. The summed E-state index contributed by atoms with van der Waals surface area (Å²) in [7, 11) is 3.81. The number of para-hydroxylation sites is 1. The van der Waals surface area contributed by atoms with Gasteiger partial charge in [0, 0.05) is 32.2 Å². The van der Waals surface area contributed by atoms with Crippen molar-refractivity contribution < 1.29 is 0 Å². The summed E-state index contributed by atoms with van der Waals surface area (Å²) in [4.78, 5) is 18.9. The molecule has 0 radical (unpaired) electrons. The molecule has 0 aliphatic carbocycles. The van der Waals surface area contributed by atoms with E-state index in [1.54, 1.807) is 7.05 Å². The highest BCUT2D eigenvalue weighted by Gasteiger charge is 2.10. The molecule has 2 heterocycles. The van der Waals surface area contributed by atoms with E-state index in [1.165, 1.54) is 10.9 Å². The first-order valence-electron chi connectivity index (χ1n) is 10.1. The standard InChI is InChI=1S/C24H26N6.HI/c1-25-24(27-15-13-20-11-6-10-19-12-7-14-26-23(19)20)30(2)17-22-28-16-21(29-22)18-8-4-3-5-9-18;/h3-12,14,16H,13,15,17H2,1-2H3,(H,25,27)(H,28,29);1H. The SMILES string of the molecule is CN=C(NCCc1cccc2cccnc12)N(C)Cc1ncc(-c2ccccc2)[nH]1.I. The summed E-state index contributed by atoms with van der Waals surface area (Å²) in [5.41, 5.74) is 4.45. The smallest absolute Gasteiger partial charge is 0.193 e. The fourth-order valence-electron chi connectivity index (χ4n) is 3.57. The number of imidazole rings is 1. The number of pyridine rings is 1. The van der Waals surface area contributed by atoms with E-state index in [9.17, 15) is 0 Å². The van der Waals surface area contributed by atoms with Gasteiger partial charge in [0.1, 0.15) is 5.82 Å². The van der Waals surface area contributed by atoms with Crippen molar-refractivity contribution in [1.29, 1.82) is 0 Å². The van der Waals surface area contributed by atoms with Crippen LogP contribution in [0.15, 0.2) is 78.0 Å². The maximum atomic E-state index is 4.54. The molecule has 0 amide bonds. The molecule has 0 atom stereocenters. The van der Waals surface area contributed by atoms with Crippen molar-refractivity contribution in [1.82, 2.24) is 25.2 Å². The number of halogens is 1. The highest BCUT2D eigenvalue weighted by atomic mass is 127. The topological polar surface area (TPSA) is 69.2 Å². The second kappa shape index (κ2) is 10.9. The zero-order valence-corrected chi connectivity index (χ0v) is 20.1. The molecule has 0 saturated heterocycles. The molecule has 0 aliphatic rings. The van der Waals surface area contributed by atoms with Crippen LogP contribution in [-0.2, 0) is 13.0 Å². The van der Waals surface area contributed by atoms with Gasteiger partial charge in [-0.05, 0) is 23.6 Å². The normalized spacial score (nSPS) is 11.2. The number of rotatable bonds is 6. The lowest BCUT2D eigenvalue weighted by Crippen LogP contribution is -2.39. The average molecular weight is 526 g/mol. The molecule has 2 aromatic heterocycles. The van der Waals surface area contributed by atoms with E-state index in [2.05, 4.69) is 66.6 Å². The van der Waals surface area contributed by atoms with E-state index in [1.807, 2.05) is 43.7 Å². The third kappa shape index (κ3) is 5.61. The number of aromatic nitrogens is 3. The maximum Gasteiger partial charge on any atom is 0.193 e. The molecule has 4 aromatic rings. The number of hydrogen-bond acceptors (Lipinski definition) is 3. The molecular formula is C24H27IN6. The predicted molar refractivity (Wildman–Crippen MR) is 138 cm³/mol. The molecule has 0 spiro atoms. The Morgan fingerprint density at radius 2 is 1.84 bits per heavy atom. The number of hydrogen-bond donors (Lipinski definition) is 2. The number of benzene rings is 2. The van der Waals surface area contributed by atoms with Crippen molar-refractivity contribution in [2.75, 3.05) is 20.6 Å². The zero-order valence-electron chi connectivity index (χ0n) is 17.7.